The SMILES string of the molecule is COCCN(Cc1ccc(C(C)(C)C)cc1)Cc1cccn1Cc1cccc(C)c1. The van der Waals surface area contributed by atoms with Crippen LogP contribution in [0.15, 0.2) is 66.9 Å². The summed E-state index contributed by atoms with van der Waals surface area (Å²) in [6, 6.07) is 22.2. The van der Waals surface area contributed by atoms with Crippen LogP contribution in [0.2, 0.25) is 0 Å². The van der Waals surface area contributed by atoms with E-state index in [0.717, 1.165) is 32.8 Å². The zero-order chi connectivity index (χ0) is 21.6. The van der Waals surface area contributed by atoms with E-state index in [9.17, 15) is 0 Å². The lowest BCUT2D eigenvalue weighted by Gasteiger charge is -2.24. The Morgan fingerprint density at radius 2 is 1.67 bits per heavy atom. The molecule has 0 N–H and O–H groups in total. The van der Waals surface area contributed by atoms with Crippen molar-refractivity contribution in [2.24, 2.45) is 0 Å². The number of rotatable bonds is 9. The average molecular weight is 405 g/mol. The van der Waals surface area contributed by atoms with Crippen LogP contribution in [0, 0.1) is 6.92 Å². The molecule has 0 saturated heterocycles. The van der Waals surface area contributed by atoms with Crippen molar-refractivity contribution in [2.45, 2.75) is 52.7 Å². The largest absolute Gasteiger partial charge is 0.383 e. The van der Waals surface area contributed by atoms with E-state index in [1.165, 1.54) is 27.9 Å². The van der Waals surface area contributed by atoms with Gasteiger partial charge in [-0.1, -0.05) is 74.9 Å². The third-order valence-corrected chi connectivity index (χ3v) is 5.58. The fourth-order valence-electron chi connectivity index (χ4n) is 3.79. The number of benzene rings is 2. The number of methoxy groups -OCH3 is 1. The molecule has 0 amide bonds. The highest BCUT2D eigenvalue weighted by Gasteiger charge is 2.14. The number of ether oxygens (including phenoxy) is 1. The van der Waals surface area contributed by atoms with Gasteiger partial charge in [0.05, 0.1) is 6.61 Å². The van der Waals surface area contributed by atoms with Crippen molar-refractivity contribution < 1.29 is 4.74 Å². The minimum Gasteiger partial charge on any atom is -0.383 e. The summed E-state index contributed by atoms with van der Waals surface area (Å²) < 4.78 is 7.74. The average Bonchev–Trinajstić information content (AvgIpc) is 3.12. The van der Waals surface area contributed by atoms with Crippen molar-refractivity contribution in [3.05, 3.63) is 94.8 Å². The quantitative estimate of drug-likeness (QED) is 0.449. The molecule has 0 unspecified atom stereocenters. The number of hydrogen-bond acceptors (Lipinski definition) is 2. The lowest BCUT2D eigenvalue weighted by molar-refractivity contribution is 0.138. The molecule has 3 nitrogen and oxygen atoms in total. The highest BCUT2D eigenvalue weighted by Crippen LogP contribution is 2.23. The Hall–Kier alpha value is -2.36. The Morgan fingerprint density at radius 1 is 0.900 bits per heavy atom. The zero-order valence-electron chi connectivity index (χ0n) is 19.2. The van der Waals surface area contributed by atoms with E-state index in [4.69, 9.17) is 4.74 Å². The Kier molecular flexibility index (Phi) is 7.52. The van der Waals surface area contributed by atoms with Crippen molar-refractivity contribution in [2.75, 3.05) is 20.3 Å². The van der Waals surface area contributed by atoms with Gasteiger partial charge in [-0.2, -0.15) is 0 Å². The fourth-order valence-corrected chi connectivity index (χ4v) is 3.79. The Labute approximate surface area is 182 Å². The molecule has 0 spiro atoms. The fraction of sp³-hybridized carbons (Fsp3) is 0.407. The maximum atomic E-state index is 5.38. The normalized spacial score (nSPS) is 11.9. The minimum absolute atomic E-state index is 0.185. The molecule has 0 aliphatic carbocycles. The summed E-state index contributed by atoms with van der Waals surface area (Å²) >= 11 is 0. The molecular formula is C27H36N2O. The molecule has 3 heteroatoms. The van der Waals surface area contributed by atoms with Crippen molar-refractivity contribution in [3.63, 3.8) is 0 Å². The van der Waals surface area contributed by atoms with Crippen LogP contribution in [0.1, 0.15) is 48.7 Å². The van der Waals surface area contributed by atoms with Gasteiger partial charge in [0.25, 0.3) is 0 Å². The second kappa shape index (κ2) is 10.1. The topological polar surface area (TPSA) is 17.4 Å². The van der Waals surface area contributed by atoms with Gasteiger partial charge in [-0.15, -0.1) is 0 Å². The molecule has 0 fully saturated rings. The third kappa shape index (κ3) is 6.32. The molecule has 160 valence electrons. The third-order valence-electron chi connectivity index (χ3n) is 5.58. The first-order chi connectivity index (χ1) is 14.3. The van der Waals surface area contributed by atoms with Gasteiger partial charge in [0, 0.05) is 45.2 Å². The summed E-state index contributed by atoms with van der Waals surface area (Å²) in [6.07, 6.45) is 2.18. The number of aromatic nitrogens is 1. The number of aryl methyl sites for hydroxylation is 1. The van der Waals surface area contributed by atoms with E-state index in [1.54, 1.807) is 7.11 Å². The Morgan fingerprint density at radius 3 is 2.33 bits per heavy atom. The lowest BCUT2D eigenvalue weighted by atomic mass is 9.87. The summed E-state index contributed by atoms with van der Waals surface area (Å²) in [4.78, 5) is 2.47. The first-order valence-electron chi connectivity index (χ1n) is 10.9. The van der Waals surface area contributed by atoms with Gasteiger partial charge in [-0.25, -0.2) is 0 Å². The predicted octanol–water partition coefficient (Wildman–Crippen LogP) is 5.79. The maximum Gasteiger partial charge on any atom is 0.0589 e. The Bertz CT molecular complexity index is 919. The van der Waals surface area contributed by atoms with Gasteiger partial charge in [-0.3, -0.25) is 4.90 Å². The summed E-state index contributed by atoms with van der Waals surface area (Å²) in [6.45, 7) is 13.3. The van der Waals surface area contributed by atoms with Crippen LogP contribution in [0.3, 0.4) is 0 Å². The van der Waals surface area contributed by atoms with E-state index >= 15 is 0 Å². The van der Waals surface area contributed by atoms with Gasteiger partial charge in [-0.05, 0) is 41.2 Å². The van der Waals surface area contributed by atoms with Gasteiger partial charge in [0.15, 0.2) is 0 Å². The minimum atomic E-state index is 0.185. The summed E-state index contributed by atoms with van der Waals surface area (Å²) in [5.74, 6) is 0. The van der Waals surface area contributed by atoms with E-state index < -0.39 is 0 Å². The molecule has 0 aliphatic rings. The highest BCUT2D eigenvalue weighted by molar-refractivity contribution is 5.28. The van der Waals surface area contributed by atoms with Crippen molar-refractivity contribution >= 4 is 0 Å². The maximum absolute atomic E-state index is 5.38. The van der Waals surface area contributed by atoms with E-state index in [2.05, 4.69) is 104 Å². The van der Waals surface area contributed by atoms with Gasteiger partial charge in [0.1, 0.15) is 0 Å². The molecule has 0 radical (unpaired) electrons. The zero-order valence-corrected chi connectivity index (χ0v) is 19.2. The molecule has 1 heterocycles. The Balaban J connectivity index is 1.72. The molecule has 3 aromatic rings. The van der Waals surface area contributed by atoms with Crippen LogP contribution in [0.5, 0.6) is 0 Å². The molecular weight excluding hydrogens is 368 g/mol. The van der Waals surface area contributed by atoms with Crippen LogP contribution in [0.4, 0.5) is 0 Å². The second-order valence-electron chi connectivity index (χ2n) is 9.27. The van der Waals surface area contributed by atoms with E-state index in [0.29, 0.717) is 0 Å². The van der Waals surface area contributed by atoms with Crippen LogP contribution >= 0.6 is 0 Å². The molecule has 3 rings (SSSR count). The molecule has 0 saturated carbocycles. The van der Waals surface area contributed by atoms with Crippen LogP contribution in [0.25, 0.3) is 0 Å². The van der Waals surface area contributed by atoms with E-state index in [-0.39, 0.29) is 5.41 Å². The van der Waals surface area contributed by atoms with E-state index in [1.807, 2.05) is 0 Å². The molecule has 30 heavy (non-hydrogen) atoms. The van der Waals surface area contributed by atoms with Crippen molar-refractivity contribution in [1.82, 2.24) is 9.47 Å². The first kappa shape index (κ1) is 22.3. The summed E-state index contributed by atoms with van der Waals surface area (Å²) in [7, 11) is 1.77. The molecule has 2 aromatic carbocycles. The van der Waals surface area contributed by atoms with Crippen LogP contribution < -0.4 is 0 Å². The first-order valence-corrected chi connectivity index (χ1v) is 10.9. The van der Waals surface area contributed by atoms with Crippen molar-refractivity contribution in [1.29, 1.82) is 0 Å². The van der Waals surface area contributed by atoms with Gasteiger partial charge < -0.3 is 9.30 Å². The lowest BCUT2D eigenvalue weighted by Crippen LogP contribution is -2.28. The standard InChI is InChI=1S/C27H36N2O/c1-22-8-6-9-24(18-22)20-29-15-7-10-26(29)21-28(16-17-30-5)19-23-11-13-25(14-12-23)27(2,3)4/h6-15,18H,16-17,19-21H2,1-5H3. The summed E-state index contributed by atoms with van der Waals surface area (Å²) in [5, 5.41) is 0. The van der Waals surface area contributed by atoms with Crippen LogP contribution in [-0.2, 0) is 29.8 Å². The van der Waals surface area contributed by atoms with Crippen molar-refractivity contribution in [3.8, 4) is 0 Å². The predicted molar refractivity (Wildman–Crippen MR) is 126 cm³/mol. The van der Waals surface area contributed by atoms with Gasteiger partial charge >= 0.3 is 0 Å². The molecule has 0 bridgehead atoms. The van der Waals surface area contributed by atoms with Gasteiger partial charge in [0.2, 0.25) is 0 Å². The molecule has 0 atom stereocenters. The highest BCUT2D eigenvalue weighted by atomic mass is 16.5. The van der Waals surface area contributed by atoms with Crippen LogP contribution in [-0.4, -0.2) is 29.7 Å². The smallest absolute Gasteiger partial charge is 0.0589 e. The number of nitrogens with zero attached hydrogens (tertiary/aromatic N) is 2. The molecule has 0 aliphatic heterocycles. The monoisotopic (exact) mass is 404 g/mol. The summed E-state index contributed by atoms with van der Waals surface area (Å²) in [5.41, 5.74) is 6.89. The number of hydrogen-bond donors (Lipinski definition) is 0. The molecule has 1 aromatic heterocycles. The second-order valence-corrected chi connectivity index (χ2v) is 9.27.